The summed E-state index contributed by atoms with van der Waals surface area (Å²) in [6.07, 6.45) is 4.49. The minimum atomic E-state index is -3.71. The van der Waals surface area contributed by atoms with Crippen molar-refractivity contribution in [2.75, 3.05) is 0 Å². The molecule has 236 valence electrons. The van der Waals surface area contributed by atoms with Crippen LogP contribution in [-0.2, 0) is 23.7 Å². The van der Waals surface area contributed by atoms with Crippen LogP contribution in [0.2, 0.25) is 0 Å². The molecular weight excluding hydrogens is 579 g/mol. The molecule has 0 atom stereocenters. The topological polar surface area (TPSA) is 9.23 Å². The molecule has 0 unspecified atom stereocenters. The molecule has 1 fully saturated rings. The third-order valence-corrected chi connectivity index (χ3v) is 8.74. The second-order valence-corrected chi connectivity index (χ2v) is 11.9. The van der Waals surface area contributed by atoms with Crippen LogP contribution in [0.25, 0.3) is 22.3 Å². The molecule has 0 saturated heterocycles. The minimum Gasteiger partial charge on any atom is -0.313 e. The summed E-state index contributed by atoms with van der Waals surface area (Å²) in [5.41, 5.74) is 4.07. The molecule has 0 bridgehead atoms. The average Bonchev–Trinajstić information content (AvgIpc) is 3.02. The smallest absolute Gasteiger partial charge is 0.313 e. The van der Waals surface area contributed by atoms with Gasteiger partial charge >= 0.3 is 6.11 Å². The minimum absolute atomic E-state index is 0.186. The lowest BCUT2D eigenvalue weighted by Gasteiger charge is -2.31. The molecule has 4 aromatic carbocycles. The fourth-order valence-electron chi connectivity index (χ4n) is 6.22. The van der Waals surface area contributed by atoms with Crippen molar-refractivity contribution < 1.29 is 26.7 Å². The zero-order chi connectivity index (χ0) is 32.0. The number of hydrogen-bond donors (Lipinski definition) is 0. The van der Waals surface area contributed by atoms with Gasteiger partial charge in [0, 0.05) is 5.56 Å². The van der Waals surface area contributed by atoms with Crippen molar-refractivity contribution in [3.63, 3.8) is 0 Å². The third kappa shape index (κ3) is 7.91. The van der Waals surface area contributed by atoms with E-state index >= 15 is 4.39 Å². The van der Waals surface area contributed by atoms with Crippen molar-refractivity contribution in [1.82, 2.24) is 0 Å². The first-order chi connectivity index (χ1) is 21.7. The normalized spacial score (nSPS) is 17.2. The first-order valence-corrected chi connectivity index (χ1v) is 15.8. The van der Waals surface area contributed by atoms with E-state index in [2.05, 4.69) is 0 Å². The second-order valence-electron chi connectivity index (χ2n) is 11.9. The van der Waals surface area contributed by atoms with Crippen LogP contribution in [0.1, 0.15) is 80.5 Å². The lowest BCUT2D eigenvalue weighted by molar-refractivity contribution is -0.278. The Hall–Kier alpha value is -3.77. The van der Waals surface area contributed by atoms with Gasteiger partial charge in [0.05, 0.1) is 11.7 Å². The molecule has 1 aliphatic carbocycles. The summed E-state index contributed by atoms with van der Waals surface area (Å²) in [6, 6.07) is 21.5. The second kappa shape index (κ2) is 14.6. The van der Waals surface area contributed by atoms with Gasteiger partial charge in [-0.3, -0.25) is 0 Å². The Kier molecular flexibility index (Phi) is 10.5. The Labute approximate surface area is 262 Å². The molecule has 6 heteroatoms. The van der Waals surface area contributed by atoms with Gasteiger partial charge in [0.1, 0.15) is 17.5 Å². The molecule has 0 radical (unpaired) electrons. The summed E-state index contributed by atoms with van der Waals surface area (Å²) in [7, 11) is 0. The van der Waals surface area contributed by atoms with Crippen LogP contribution < -0.4 is 0 Å². The van der Waals surface area contributed by atoms with Crippen LogP contribution in [0.15, 0.2) is 91.0 Å². The van der Waals surface area contributed by atoms with Gasteiger partial charge in [-0.2, -0.15) is 8.78 Å². The summed E-state index contributed by atoms with van der Waals surface area (Å²) < 4.78 is 79.3. The van der Waals surface area contributed by atoms with E-state index in [1.807, 2.05) is 56.3 Å². The quantitative estimate of drug-likeness (QED) is 0.120. The number of alkyl halides is 2. The van der Waals surface area contributed by atoms with Gasteiger partial charge in [-0.1, -0.05) is 80.1 Å². The molecule has 1 saturated carbocycles. The summed E-state index contributed by atoms with van der Waals surface area (Å²) >= 11 is 0. The first-order valence-electron chi connectivity index (χ1n) is 15.8. The van der Waals surface area contributed by atoms with Gasteiger partial charge in [0.15, 0.2) is 0 Å². The SMILES string of the molecule is C/C=C/CCc1ccc(C(F)(F)OC2CCC(c3ccc(-c4ccc(-c5ccc(CCC)c(F)c5)c(F)c4)cc3)CC2)c(F)c1. The van der Waals surface area contributed by atoms with Crippen molar-refractivity contribution >= 4 is 0 Å². The summed E-state index contributed by atoms with van der Waals surface area (Å²) in [5, 5.41) is 0. The molecule has 4 aromatic rings. The summed E-state index contributed by atoms with van der Waals surface area (Å²) in [6.45, 7) is 3.89. The van der Waals surface area contributed by atoms with Crippen molar-refractivity contribution in [3.05, 3.63) is 131 Å². The van der Waals surface area contributed by atoms with E-state index in [4.69, 9.17) is 4.74 Å². The number of halogens is 5. The van der Waals surface area contributed by atoms with Gasteiger partial charge in [0.25, 0.3) is 0 Å². The van der Waals surface area contributed by atoms with Crippen LogP contribution in [0, 0.1) is 17.5 Å². The molecular formula is C39H39F5O. The van der Waals surface area contributed by atoms with Crippen LogP contribution >= 0.6 is 0 Å². The van der Waals surface area contributed by atoms with Crippen molar-refractivity contribution in [2.24, 2.45) is 0 Å². The largest absolute Gasteiger partial charge is 0.386 e. The monoisotopic (exact) mass is 618 g/mol. The Morgan fingerprint density at radius 2 is 1.42 bits per heavy atom. The fourth-order valence-corrected chi connectivity index (χ4v) is 6.22. The van der Waals surface area contributed by atoms with E-state index in [0.29, 0.717) is 66.3 Å². The molecule has 0 aromatic heterocycles. The first kappa shape index (κ1) is 32.6. The van der Waals surface area contributed by atoms with E-state index in [0.717, 1.165) is 30.0 Å². The van der Waals surface area contributed by atoms with E-state index < -0.39 is 29.4 Å². The highest BCUT2D eigenvalue weighted by Crippen LogP contribution is 2.40. The average molecular weight is 619 g/mol. The van der Waals surface area contributed by atoms with E-state index in [1.165, 1.54) is 24.3 Å². The lowest BCUT2D eigenvalue weighted by Crippen LogP contribution is -2.30. The third-order valence-electron chi connectivity index (χ3n) is 8.74. The summed E-state index contributed by atoms with van der Waals surface area (Å²) in [5.74, 6) is -1.51. The van der Waals surface area contributed by atoms with Crippen LogP contribution in [0.4, 0.5) is 22.0 Å². The predicted octanol–water partition coefficient (Wildman–Crippen LogP) is 11.7. The van der Waals surface area contributed by atoms with Crippen molar-refractivity contribution in [1.29, 1.82) is 0 Å². The zero-order valence-electron chi connectivity index (χ0n) is 25.8. The number of ether oxygens (including phenoxy) is 1. The lowest BCUT2D eigenvalue weighted by atomic mass is 9.82. The molecule has 45 heavy (non-hydrogen) atoms. The fraction of sp³-hybridized carbons (Fsp3) is 0.333. The maximum absolute atomic E-state index is 15.1. The van der Waals surface area contributed by atoms with Crippen molar-refractivity contribution in [3.8, 4) is 22.3 Å². The Morgan fingerprint density at radius 1 is 0.733 bits per heavy atom. The van der Waals surface area contributed by atoms with E-state index in [1.54, 1.807) is 18.2 Å². The van der Waals surface area contributed by atoms with Gasteiger partial charge in [-0.25, -0.2) is 13.2 Å². The molecule has 5 rings (SSSR count). The molecule has 0 amide bonds. The number of allylic oxidation sites excluding steroid dienone is 2. The predicted molar refractivity (Wildman–Crippen MR) is 171 cm³/mol. The van der Waals surface area contributed by atoms with Crippen LogP contribution in [-0.4, -0.2) is 6.10 Å². The number of hydrogen-bond acceptors (Lipinski definition) is 1. The Balaban J connectivity index is 1.18. The maximum atomic E-state index is 15.1. The standard InChI is InChI=1S/C39H39F5O/c1-3-5-6-8-26-9-22-35(38(42)23-26)39(43,44)45-33-19-16-28(17-20-33)27-10-12-29(13-11-27)31-18-21-34(37(41)24-31)32-15-14-30(7-4-2)36(40)25-32/h3,5,9-15,18,21-25,28,33H,4,6-8,16-17,19-20H2,1-2H3/b5-3+. The number of benzene rings is 4. The molecule has 0 heterocycles. The van der Waals surface area contributed by atoms with Gasteiger partial charge < -0.3 is 4.74 Å². The summed E-state index contributed by atoms with van der Waals surface area (Å²) in [4.78, 5) is 0. The van der Waals surface area contributed by atoms with Crippen LogP contribution in [0.3, 0.4) is 0 Å². The maximum Gasteiger partial charge on any atom is 0.386 e. The molecule has 0 N–H and O–H groups in total. The molecule has 1 aliphatic rings. The van der Waals surface area contributed by atoms with Crippen molar-refractivity contribution in [2.45, 2.75) is 83.3 Å². The van der Waals surface area contributed by atoms with E-state index in [9.17, 15) is 17.6 Å². The molecule has 1 nitrogen and oxygen atoms in total. The van der Waals surface area contributed by atoms with Crippen LogP contribution in [0.5, 0.6) is 0 Å². The zero-order valence-corrected chi connectivity index (χ0v) is 25.8. The highest BCUT2D eigenvalue weighted by atomic mass is 19.3. The van der Waals surface area contributed by atoms with Gasteiger partial charge in [-0.15, -0.1) is 0 Å². The van der Waals surface area contributed by atoms with Gasteiger partial charge in [0.2, 0.25) is 0 Å². The Bertz CT molecular complexity index is 1620. The number of aryl methyl sites for hydroxylation is 2. The van der Waals surface area contributed by atoms with E-state index in [-0.39, 0.29) is 11.7 Å². The molecule has 0 aliphatic heterocycles. The van der Waals surface area contributed by atoms with Gasteiger partial charge in [-0.05, 0) is 115 Å². The molecule has 0 spiro atoms. The highest BCUT2D eigenvalue weighted by Gasteiger charge is 2.40. The Morgan fingerprint density at radius 3 is 2.07 bits per heavy atom. The number of rotatable bonds is 11. The highest BCUT2D eigenvalue weighted by molar-refractivity contribution is 5.71.